The zero-order valence-electron chi connectivity index (χ0n) is 15.9. The molecule has 0 aromatic heterocycles. The molecule has 2 aromatic rings. The first-order valence-corrected chi connectivity index (χ1v) is 9.13. The molecule has 0 saturated carbocycles. The summed E-state index contributed by atoms with van der Waals surface area (Å²) < 4.78 is 10.8. The van der Waals surface area contributed by atoms with Crippen LogP contribution in [0.4, 0.5) is 5.69 Å². The van der Waals surface area contributed by atoms with Crippen LogP contribution in [-0.2, 0) is 20.9 Å². The summed E-state index contributed by atoms with van der Waals surface area (Å²) >= 11 is 6.05. The lowest BCUT2D eigenvalue weighted by molar-refractivity contribution is -0.123. The topological polar surface area (TPSA) is 64.6 Å². The van der Waals surface area contributed by atoms with Crippen molar-refractivity contribution in [1.29, 1.82) is 0 Å². The van der Waals surface area contributed by atoms with E-state index in [1.54, 1.807) is 49.4 Å². The monoisotopic (exact) mass is 389 g/mol. The van der Waals surface area contributed by atoms with Gasteiger partial charge >= 0.3 is 5.97 Å². The highest BCUT2D eigenvalue weighted by atomic mass is 35.5. The average molecular weight is 390 g/mol. The number of hydrogen-bond acceptors (Lipinski definition) is 4. The first-order chi connectivity index (χ1) is 12.8. The molecule has 2 rings (SSSR count). The summed E-state index contributed by atoms with van der Waals surface area (Å²) in [5.74, 6) is -0.979. The van der Waals surface area contributed by atoms with Gasteiger partial charge in [0.2, 0.25) is 0 Å². The fraction of sp³-hybridized carbons (Fsp3) is 0.333. The number of amides is 1. The van der Waals surface area contributed by atoms with Gasteiger partial charge in [-0.1, -0.05) is 29.8 Å². The molecule has 0 unspecified atom stereocenters. The minimum atomic E-state index is -0.945. The number of hydrogen-bond donors (Lipinski definition) is 1. The Labute approximate surface area is 164 Å². The van der Waals surface area contributed by atoms with E-state index in [-0.39, 0.29) is 6.10 Å². The molecule has 0 spiro atoms. The molecule has 27 heavy (non-hydrogen) atoms. The Kier molecular flexibility index (Phi) is 7.39. The summed E-state index contributed by atoms with van der Waals surface area (Å²) in [7, 11) is 0. The summed E-state index contributed by atoms with van der Waals surface area (Å²) in [6, 6.07) is 12.2. The SMILES string of the molecule is Cc1c(Cl)cccc1NC(=O)[C@@H](C)OC(=O)c1ccc(COC(C)C)cc1. The normalized spacial score (nSPS) is 11.9. The van der Waals surface area contributed by atoms with Crippen LogP contribution in [-0.4, -0.2) is 24.1 Å². The van der Waals surface area contributed by atoms with E-state index in [1.807, 2.05) is 13.8 Å². The smallest absolute Gasteiger partial charge is 0.338 e. The van der Waals surface area contributed by atoms with Gasteiger partial charge in [-0.05, 0) is 63.1 Å². The molecule has 5 nitrogen and oxygen atoms in total. The van der Waals surface area contributed by atoms with Crippen molar-refractivity contribution < 1.29 is 19.1 Å². The van der Waals surface area contributed by atoms with Crippen molar-refractivity contribution in [3.63, 3.8) is 0 Å². The summed E-state index contributed by atoms with van der Waals surface area (Å²) in [5.41, 5.74) is 2.68. The molecule has 0 radical (unpaired) electrons. The maximum atomic E-state index is 12.3. The summed E-state index contributed by atoms with van der Waals surface area (Å²) in [6.07, 6.45) is -0.808. The van der Waals surface area contributed by atoms with Gasteiger partial charge in [0.1, 0.15) is 0 Å². The van der Waals surface area contributed by atoms with Gasteiger partial charge in [0.25, 0.3) is 5.91 Å². The molecule has 0 bridgehead atoms. The molecule has 0 aliphatic heterocycles. The Morgan fingerprint density at radius 2 is 1.74 bits per heavy atom. The number of carbonyl (C=O) groups is 2. The standard InChI is InChI=1S/C21H24ClNO4/c1-13(2)26-12-16-8-10-17(11-9-16)21(25)27-15(4)20(24)23-19-7-5-6-18(22)14(19)3/h5-11,13,15H,12H2,1-4H3,(H,23,24)/t15-/m1/s1. The Morgan fingerprint density at radius 3 is 2.37 bits per heavy atom. The molecule has 0 aliphatic rings. The van der Waals surface area contributed by atoms with Crippen LogP contribution in [0.2, 0.25) is 5.02 Å². The van der Waals surface area contributed by atoms with Crippen molar-refractivity contribution in [2.24, 2.45) is 0 Å². The van der Waals surface area contributed by atoms with Crippen molar-refractivity contribution >= 4 is 29.2 Å². The number of anilines is 1. The van der Waals surface area contributed by atoms with Crippen LogP contribution in [0.15, 0.2) is 42.5 Å². The quantitative estimate of drug-likeness (QED) is 0.693. The van der Waals surface area contributed by atoms with Crippen molar-refractivity contribution in [1.82, 2.24) is 0 Å². The summed E-state index contributed by atoms with van der Waals surface area (Å²) in [5, 5.41) is 3.28. The lowest BCUT2D eigenvalue weighted by atomic mass is 10.1. The Balaban J connectivity index is 1.94. The van der Waals surface area contributed by atoms with Crippen LogP contribution < -0.4 is 5.32 Å². The van der Waals surface area contributed by atoms with Crippen molar-refractivity contribution in [3.05, 3.63) is 64.2 Å². The van der Waals surface area contributed by atoms with Crippen LogP contribution in [0.5, 0.6) is 0 Å². The van der Waals surface area contributed by atoms with Crippen molar-refractivity contribution in [2.45, 2.75) is 46.5 Å². The van der Waals surface area contributed by atoms with Gasteiger partial charge < -0.3 is 14.8 Å². The molecular weight excluding hydrogens is 366 g/mol. The van der Waals surface area contributed by atoms with E-state index in [0.29, 0.717) is 22.9 Å². The number of rotatable bonds is 7. The fourth-order valence-corrected chi connectivity index (χ4v) is 2.43. The zero-order valence-corrected chi connectivity index (χ0v) is 16.7. The highest BCUT2D eigenvalue weighted by Gasteiger charge is 2.20. The number of ether oxygens (including phenoxy) is 2. The zero-order chi connectivity index (χ0) is 20.0. The highest BCUT2D eigenvalue weighted by molar-refractivity contribution is 6.31. The van der Waals surface area contributed by atoms with Gasteiger partial charge in [-0.2, -0.15) is 0 Å². The maximum absolute atomic E-state index is 12.3. The summed E-state index contributed by atoms with van der Waals surface area (Å²) in [6.45, 7) is 7.73. The number of carbonyl (C=O) groups excluding carboxylic acids is 2. The molecule has 2 aromatic carbocycles. The van der Waals surface area contributed by atoms with E-state index in [1.165, 1.54) is 6.92 Å². The van der Waals surface area contributed by atoms with E-state index in [0.717, 1.165) is 11.1 Å². The minimum Gasteiger partial charge on any atom is -0.449 e. The molecule has 0 saturated heterocycles. The van der Waals surface area contributed by atoms with Crippen molar-refractivity contribution in [3.8, 4) is 0 Å². The van der Waals surface area contributed by atoms with Crippen molar-refractivity contribution in [2.75, 3.05) is 5.32 Å². The van der Waals surface area contributed by atoms with Gasteiger partial charge in [0.05, 0.1) is 18.3 Å². The van der Waals surface area contributed by atoms with Gasteiger partial charge in [-0.15, -0.1) is 0 Å². The molecule has 0 aliphatic carbocycles. The molecule has 0 heterocycles. The van der Waals surface area contributed by atoms with E-state index in [2.05, 4.69) is 5.32 Å². The minimum absolute atomic E-state index is 0.136. The largest absolute Gasteiger partial charge is 0.449 e. The van der Waals surface area contributed by atoms with Crippen LogP contribution in [0.25, 0.3) is 0 Å². The lowest BCUT2D eigenvalue weighted by Gasteiger charge is -2.15. The molecule has 144 valence electrons. The predicted octanol–water partition coefficient (Wildman–Crippen LogP) is 4.76. The van der Waals surface area contributed by atoms with Crippen LogP contribution in [0.3, 0.4) is 0 Å². The van der Waals surface area contributed by atoms with E-state index >= 15 is 0 Å². The number of benzene rings is 2. The molecule has 1 atom stereocenters. The molecule has 0 fully saturated rings. The third kappa shape index (κ3) is 6.08. The number of nitrogens with one attached hydrogen (secondary N) is 1. The predicted molar refractivity (Wildman–Crippen MR) is 106 cm³/mol. The Bertz CT molecular complexity index is 802. The third-order valence-corrected chi connectivity index (χ3v) is 4.36. The lowest BCUT2D eigenvalue weighted by Crippen LogP contribution is -2.30. The van der Waals surface area contributed by atoms with Gasteiger partial charge in [0, 0.05) is 10.7 Å². The van der Waals surface area contributed by atoms with E-state index in [9.17, 15) is 9.59 Å². The van der Waals surface area contributed by atoms with Crippen LogP contribution in [0.1, 0.15) is 42.3 Å². The fourth-order valence-electron chi connectivity index (χ4n) is 2.26. The van der Waals surface area contributed by atoms with Gasteiger partial charge in [-0.3, -0.25) is 4.79 Å². The highest BCUT2D eigenvalue weighted by Crippen LogP contribution is 2.23. The van der Waals surface area contributed by atoms with Gasteiger partial charge in [0.15, 0.2) is 6.10 Å². The van der Waals surface area contributed by atoms with Crippen LogP contribution >= 0.6 is 11.6 Å². The maximum Gasteiger partial charge on any atom is 0.338 e. The first-order valence-electron chi connectivity index (χ1n) is 8.75. The second-order valence-electron chi connectivity index (χ2n) is 6.51. The first kappa shape index (κ1) is 20.9. The van der Waals surface area contributed by atoms with E-state index < -0.39 is 18.0 Å². The average Bonchev–Trinajstić information content (AvgIpc) is 2.64. The third-order valence-electron chi connectivity index (χ3n) is 3.95. The number of halogens is 1. The molecule has 6 heteroatoms. The van der Waals surface area contributed by atoms with Crippen LogP contribution in [0, 0.1) is 6.92 Å². The molecule has 1 amide bonds. The van der Waals surface area contributed by atoms with E-state index in [4.69, 9.17) is 21.1 Å². The second kappa shape index (κ2) is 9.53. The summed E-state index contributed by atoms with van der Waals surface area (Å²) in [4.78, 5) is 24.6. The molecular formula is C21H24ClNO4. The number of esters is 1. The molecule has 1 N–H and O–H groups in total. The van der Waals surface area contributed by atoms with Gasteiger partial charge in [-0.25, -0.2) is 4.79 Å². The second-order valence-corrected chi connectivity index (χ2v) is 6.91. The Morgan fingerprint density at radius 1 is 1.07 bits per heavy atom. The Hall–Kier alpha value is -2.37.